The highest BCUT2D eigenvalue weighted by atomic mass is 35.5. The smallest absolute Gasteiger partial charge is 0.0440 e. The second kappa shape index (κ2) is 4.38. The summed E-state index contributed by atoms with van der Waals surface area (Å²) in [6.45, 7) is 2.61. The molecule has 0 aromatic heterocycles. The number of benzene rings is 1. The Morgan fingerprint density at radius 2 is 2.00 bits per heavy atom. The summed E-state index contributed by atoms with van der Waals surface area (Å²) in [5.41, 5.74) is 2.88. The van der Waals surface area contributed by atoms with Gasteiger partial charge in [-0.2, -0.15) is 0 Å². The molecule has 1 aromatic rings. The lowest BCUT2D eigenvalue weighted by Gasteiger charge is -2.32. The summed E-state index contributed by atoms with van der Waals surface area (Å²) < 4.78 is 0. The highest BCUT2D eigenvalue weighted by Crippen LogP contribution is 2.30. The van der Waals surface area contributed by atoms with E-state index < -0.39 is 0 Å². The molecule has 0 bridgehead atoms. The summed E-state index contributed by atoms with van der Waals surface area (Å²) in [6.07, 6.45) is 6.43. The van der Waals surface area contributed by atoms with E-state index in [-0.39, 0.29) is 0 Å². The second-order valence-electron chi connectivity index (χ2n) is 5.02. The van der Waals surface area contributed by atoms with Crippen LogP contribution in [0.1, 0.15) is 30.4 Å². The van der Waals surface area contributed by atoms with E-state index in [0.717, 1.165) is 17.5 Å². The molecule has 0 radical (unpaired) electrons. The molecule has 1 aliphatic carbocycles. The lowest BCUT2D eigenvalue weighted by atomic mass is 9.87. The molecule has 2 heteroatoms. The summed E-state index contributed by atoms with van der Waals surface area (Å²) in [4.78, 5) is 2.67. The average molecular weight is 236 g/mol. The van der Waals surface area contributed by atoms with E-state index in [0.29, 0.717) is 0 Å². The van der Waals surface area contributed by atoms with E-state index in [4.69, 9.17) is 11.6 Å². The van der Waals surface area contributed by atoms with Gasteiger partial charge in [0.2, 0.25) is 0 Å². The van der Waals surface area contributed by atoms with Crippen molar-refractivity contribution in [2.45, 2.75) is 38.1 Å². The molecular weight excluding hydrogens is 218 g/mol. The van der Waals surface area contributed by atoms with Crippen LogP contribution in [0.2, 0.25) is 5.02 Å². The lowest BCUT2D eigenvalue weighted by Crippen LogP contribution is -2.37. The second-order valence-corrected chi connectivity index (χ2v) is 5.42. The number of fused-ring (bicyclic) bond motifs is 1. The fourth-order valence-electron chi connectivity index (χ4n) is 3.16. The van der Waals surface area contributed by atoms with E-state index in [2.05, 4.69) is 17.0 Å². The number of nitrogens with zero attached hydrogens (tertiary/aromatic N) is 1. The standard InChI is InChI=1S/C14H18ClN/c15-14-5-3-4-11-10-12(6-7-13(11)14)16-8-1-2-9-16/h3-5,12H,1-2,6-10H2. The van der Waals surface area contributed by atoms with Gasteiger partial charge in [0, 0.05) is 11.1 Å². The van der Waals surface area contributed by atoms with Crippen LogP contribution in [-0.4, -0.2) is 24.0 Å². The van der Waals surface area contributed by atoms with Crippen molar-refractivity contribution in [3.05, 3.63) is 34.3 Å². The number of likely N-dealkylation sites (tertiary alicyclic amines) is 1. The molecule has 1 unspecified atom stereocenters. The number of rotatable bonds is 1. The van der Waals surface area contributed by atoms with Gasteiger partial charge < -0.3 is 4.90 Å². The molecule has 3 rings (SSSR count). The van der Waals surface area contributed by atoms with E-state index in [9.17, 15) is 0 Å². The summed E-state index contributed by atoms with van der Waals surface area (Å²) in [5, 5.41) is 0.970. The van der Waals surface area contributed by atoms with Gasteiger partial charge >= 0.3 is 0 Å². The van der Waals surface area contributed by atoms with Gasteiger partial charge in [-0.1, -0.05) is 23.7 Å². The Balaban J connectivity index is 1.80. The van der Waals surface area contributed by atoms with E-state index in [1.54, 1.807) is 0 Å². The third-order valence-corrected chi connectivity index (χ3v) is 4.41. The molecule has 86 valence electrons. The Kier molecular flexibility index (Phi) is 2.91. The molecule has 2 aliphatic rings. The van der Waals surface area contributed by atoms with Gasteiger partial charge in [0.05, 0.1) is 0 Å². The third kappa shape index (κ3) is 1.87. The Morgan fingerprint density at radius 3 is 2.81 bits per heavy atom. The highest BCUT2D eigenvalue weighted by Gasteiger charge is 2.26. The number of hydrogen-bond acceptors (Lipinski definition) is 1. The first-order valence-corrected chi connectivity index (χ1v) is 6.73. The highest BCUT2D eigenvalue weighted by molar-refractivity contribution is 6.31. The zero-order chi connectivity index (χ0) is 11.0. The Bertz CT molecular complexity index is 382. The van der Waals surface area contributed by atoms with E-state index in [1.165, 1.54) is 49.9 Å². The average Bonchev–Trinajstić information content (AvgIpc) is 2.82. The molecule has 1 nitrogen and oxygen atoms in total. The molecule has 0 saturated carbocycles. The van der Waals surface area contributed by atoms with Gasteiger partial charge in [-0.05, 0) is 62.4 Å². The van der Waals surface area contributed by atoms with Crippen molar-refractivity contribution >= 4 is 11.6 Å². The van der Waals surface area contributed by atoms with Crippen LogP contribution in [0, 0.1) is 0 Å². The van der Waals surface area contributed by atoms with Crippen LogP contribution < -0.4 is 0 Å². The largest absolute Gasteiger partial charge is 0.300 e. The molecule has 1 aliphatic heterocycles. The summed E-state index contributed by atoms with van der Waals surface area (Å²) in [7, 11) is 0. The summed E-state index contributed by atoms with van der Waals surface area (Å²) in [5.74, 6) is 0. The maximum Gasteiger partial charge on any atom is 0.0440 e. The van der Waals surface area contributed by atoms with Gasteiger partial charge in [-0.3, -0.25) is 0 Å². The molecule has 1 heterocycles. The molecule has 16 heavy (non-hydrogen) atoms. The predicted octanol–water partition coefficient (Wildman–Crippen LogP) is 3.29. The van der Waals surface area contributed by atoms with Gasteiger partial charge in [-0.15, -0.1) is 0 Å². The maximum absolute atomic E-state index is 6.24. The minimum Gasteiger partial charge on any atom is -0.300 e. The zero-order valence-electron chi connectivity index (χ0n) is 9.58. The van der Waals surface area contributed by atoms with E-state index in [1.807, 2.05) is 6.07 Å². The predicted molar refractivity (Wildman–Crippen MR) is 68.1 cm³/mol. The topological polar surface area (TPSA) is 3.24 Å². The van der Waals surface area contributed by atoms with Crippen LogP contribution in [0.5, 0.6) is 0 Å². The van der Waals surface area contributed by atoms with Crippen molar-refractivity contribution in [3.8, 4) is 0 Å². The number of halogens is 1. The first-order chi connectivity index (χ1) is 7.84. The van der Waals surface area contributed by atoms with Crippen LogP contribution >= 0.6 is 11.6 Å². The van der Waals surface area contributed by atoms with Gasteiger partial charge in [-0.25, -0.2) is 0 Å². The van der Waals surface area contributed by atoms with Crippen LogP contribution in [0.15, 0.2) is 18.2 Å². The van der Waals surface area contributed by atoms with Crippen molar-refractivity contribution in [1.82, 2.24) is 4.90 Å². The fourth-order valence-corrected chi connectivity index (χ4v) is 3.45. The monoisotopic (exact) mass is 235 g/mol. The van der Waals surface area contributed by atoms with Gasteiger partial charge in [0.1, 0.15) is 0 Å². The van der Waals surface area contributed by atoms with Crippen LogP contribution in [0.25, 0.3) is 0 Å². The number of hydrogen-bond donors (Lipinski definition) is 0. The van der Waals surface area contributed by atoms with Crippen molar-refractivity contribution in [2.24, 2.45) is 0 Å². The molecule has 1 fully saturated rings. The summed E-state index contributed by atoms with van der Waals surface area (Å²) in [6, 6.07) is 7.14. The minimum absolute atomic E-state index is 0.772. The van der Waals surface area contributed by atoms with Crippen LogP contribution in [-0.2, 0) is 12.8 Å². The zero-order valence-corrected chi connectivity index (χ0v) is 10.3. The van der Waals surface area contributed by atoms with Gasteiger partial charge in [0.25, 0.3) is 0 Å². The summed E-state index contributed by atoms with van der Waals surface area (Å²) >= 11 is 6.24. The molecule has 0 amide bonds. The molecule has 0 spiro atoms. The maximum atomic E-state index is 6.24. The molecule has 1 aromatic carbocycles. The first kappa shape index (κ1) is 10.6. The lowest BCUT2D eigenvalue weighted by molar-refractivity contribution is 0.222. The Labute approximate surface area is 102 Å². The molecular formula is C14H18ClN. The van der Waals surface area contributed by atoms with Crippen molar-refractivity contribution in [1.29, 1.82) is 0 Å². The van der Waals surface area contributed by atoms with Crippen molar-refractivity contribution in [3.63, 3.8) is 0 Å². The molecule has 1 atom stereocenters. The Hall–Kier alpha value is -0.530. The van der Waals surface area contributed by atoms with Crippen LogP contribution in [0.3, 0.4) is 0 Å². The quantitative estimate of drug-likeness (QED) is 0.722. The SMILES string of the molecule is Clc1cccc2c1CCC(N1CCCC1)C2. The van der Waals surface area contributed by atoms with Gasteiger partial charge in [0.15, 0.2) is 0 Å². The third-order valence-electron chi connectivity index (χ3n) is 4.06. The van der Waals surface area contributed by atoms with Crippen molar-refractivity contribution < 1.29 is 0 Å². The van der Waals surface area contributed by atoms with E-state index >= 15 is 0 Å². The Morgan fingerprint density at radius 1 is 1.19 bits per heavy atom. The van der Waals surface area contributed by atoms with Crippen molar-refractivity contribution in [2.75, 3.05) is 13.1 Å². The minimum atomic E-state index is 0.772. The van der Waals surface area contributed by atoms with Crippen LogP contribution in [0.4, 0.5) is 0 Å². The molecule has 0 N–H and O–H groups in total. The molecule has 1 saturated heterocycles. The first-order valence-electron chi connectivity index (χ1n) is 6.35. The fraction of sp³-hybridized carbons (Fsp3) is 0.571. The normalized spacial score (nSPS) is 25.7.